The van der Waals surface area contributed by atoms with Crippen molar-refractivity contribution in [1.29, 1.82) is 0 Å². The van der Waals surface area contributed by atoms with Gasteiger partial charge in [-0.15, -0.1) is 0 Å². The maximum absolute atomic E-state index is 12.3. The summed E-state index contributed by atoms with van der Waals surface area (Å²) >= 11 is 3.42. The second-order valence-electron chi connectivity index (χ2n) is 6.52. The molecule has 0 aliphatic carbocycles. The van der Waals surface area contributed by atoms with Crippen LogP contribution in [0.25, 0.3) is 0 Å². The third kappa shape index (κ3) is 5.89. The van der Waals surface area contributed by atoms with Crippen LogP contribution in [0.1, 0.15) is 26.3 Å². The van der Waals surface area contributed by atoms with Crippen molar-refractivity contribution in [2.45, 2.75) is 38.8 Å². The van der Waals surface area contributed by atoms with Crippen molar-refractivity contribution in [1.82, 2.24) is 10.2 Å². The molecule has 0 aromatic heterocycles. The smallest absolute Gasteiger partial charge is 0.411 e. The zero-order chi connectivity index (χ0) is 16.9. The number of carbonyl (C=O) groups is 1. The summed E-state index contributed by atoms with van der Waals surface area (Å²) in [4.78, 5) is 14.0. The highest BCUT2D eigenvalue weighted by Crippen LogP contribution is 2.13. The van der Waals surface area contributed by atoms with Crippen molar-refractivity contribution in [3.8, 4) is 11.8 Å². The Morgan fingerprint density at radius 3 is 2.74 bits per heavy atom. The van der Waals surface area contributed by atoms with Crippen LogP contribution in [0.5, 0.6) is 0 Å². The van der Waals surface area contributed by atoms with Gasteiger partial charge in [-0.1, -0.05) is 39.9 Å². The maximum Gasteiger partial charge on any atom is 0.411 e. The van der Waals surface area contributed by atoms with Crippen LogP contribution in [-0.2, 0) is 11.2 Å². The number of carbonyl (C=O) groups excluding carboxylic acids is 1. The summed E-state index contributed by atoms with van der Waals surface area (Å²) in [6.07, 6.45) is 0.383. The molecule has 1 atom stereocenters. The van der Waals surface area contributed by atoms with Crippen LogP contribution in [0, 0.1) is 11.8 Å². The van der Waals surface area contributed by atoms with Crippen LogP contribution < -0.4 is 5.32 Å². The van der Waals surface area contributed by atoms with Crippen molar-refractivity contribution in [3.05, 3.63) is 34.3 Å². The molecule has 1 aliphatic heterocycles. The summed E-state index contributed by atoms with van der Waals surface area (Å²) in [6, 6.07) is 7.96. The molecule has 1 saturated heterocycles. The molecule has 0 spiro atoms. The van der Waals surface area contributed by atoms with Gasteiger partial charge in [0.2, 0.25) is 0 Å². The van der Waals surface area contributed by atoms with Crippen LogP contribution in [0.2, 0.25) is 0 Å². The first-order valence-electron chi connectivity index (χ1n) is 7.78. The average Bonchev–Trinajstić information content (AvgIpc) is 2.48. The molecule has 1 aromatic rings. The molecule has 1 N–H and O–H groups in total. The molecule has 23 heavy (non-hydrogen) atoms. The van der Waals surface area contributed by atoms with Gasteiger partial charge in [0, 0.05) is 30.5 Å². The monoisotopic (exact) mass is 378 g/mol. The Labute approximate surface area is 146 Å². The SMILES string of the molecule is CC(C)(C)OC(=O)N1CCNCC1C#CCc1ccc(Br)cc1. The molecular formula is C18H23BrN2O2. The Morgan fingerprint density at radius 1 is 1.39 bits per heavy atom. The molecular weight excluding hydrogens is 356 g/mol. The zero-order valence-corrected chi connectivity index (χ0v) is 15.4. The number of halogens is 1. The molecule has 0 bridgehead atoms. The first kappa shape index (κ1) is 17.8. The van der Waals surface area contributed by atoms with Gasteiger partial charge in [-0.25, -0.2) is 4.79 Å². The first-order valence-corrected chi connectivity index (χ1v) is 8.57. The molecule has 1 aromatic carbocycles. The number of hydrogen-bond acceptors (Lipinski definition) is 3. The lowest BCUT2D eigenvalue weighted by Crippen LogP contribution is -2.54. The van der Waals surface area contributed by atoms with E-state index in [-0.39, 0.29) is 12.1 Å². The number of amides is 1. The highest BCUT2D eigenvalue weighted by Gasteiger charge is 2.29. The van der Waals surface area contributed by atoms with Gasteiger partial charge in [-0.05, 0) is 38.5 Å². The molecule has 1 unspecified atom stereocenters. The number of ether oxygens (including phenoxy) is 1. The Bertz CT molecular complexity index is 596. The highest BCUT2D eigenvalue weighted by molar-refractivity contribution is 9.10. The average molecular weight is 379 g/mol. The Morgan fingerprint density at radius 2 is 2.09 bits per heavy atom. The van der Waals surface area contributed by atoms with Gasteiger partial charge in [0.05, 0.1) is 0 Å². The van der Waals surface area contributed by atoms with E-state index >= 15 is 0 Å². The second kappa shape index (κ2) is 7.85. The lowest BCUT2D eigenvalue weighted by atomic mass is 10.1. The fraction of sp³-hybridized carbons (Fsp3) is 0.500. The van der Waals surface area contributed by atoms with E-state index < -0.39 is 5.60 Å². The van der Waals surface area contributed by atoms with Gasteiger partial charge >= 0.3 is 6.09 Å². The molecule has 1 heterocycles. The zero-order valence-electron chi connectivity index (χ0n) is 13.9. The third-order valence-corrected chi connectivity index (χ3v) is 3.87. The van der Waals surface area contributed by atoms with Crippen LogP contribution >= 0.6 is 15.9 Å². The summed E-state index contributed by atoms with van der Waals surface area (Å²) in [5, 5.41) is 3.28. The molecule has 0 saturated carbocycles. The van der Waals surface area contributed by atoms with E-state index in [9.17, 15) is 4.79 Å². The Hall–Kier alpha value is -1.51. The molecule has 1 aliphatic rings. The molecule has 1 amide bonds. The van der Waals surface area contributed by atoms with Crippen molar-refractivity contribution < 1.29 is 9.53 Å². The molecule has 0 radical (unpaired) electrons. The fourth-order valence-electron chi connectivity index (χ4n) is 2.25. The number of piperazine rings is 1. The van der Waals surface area contributed by atoms with Crippen molar-refractivity contribution in [3.63, 3.8) is 0 Å². The topological polar surface area (TPSA) is 41.6 Å². The van der Waals surface area contributed by atoms with E-state index in [0.29, 0.717) is 19.5 Å². The Kier molecular flexibility index (Phi) is 6.09. The first-order chi connectivity index (χ1) is 10.8. The number of benzene rings is 1. The largest absolute Gasteiger partial charge is 0.444 e. The highest BCUT2D eigenvalue weighted by atomic mass is 79.9. The lowest BCUT2D eigenvalue weighted by molar-refractivity contribution is 0.0176. The number of nitrogens with one attached hydrogen (secondary N) is 1. The van der Waals surface area contributed by atoms with Crippen molar-refractivity contribution >= 4 is 22.0 Å². The minimum absolute atomic E-state index is 0.144. The van der Waals surface area contributed by atoms with Gasteiger partial charge in [-0.3, -0.25) is 4.90 Å². The van der Waals surface area contributed by atoms with Gasteiger partial charge in [0.1, 0.15) is 11.6 Å². The second-order valence-corrected chi connectivity index (χ2v) is 7.43. The molecule has 1 fully saturated rings. The standard InChI is InChI=1S/C18H23BrN2O2/c1-18(2,3)23-17(22)21-12-11-20-13-16(21)6-4-5-14-7-9-15(19)10-8-14/h7-10,16,20H,5,11-13H2,1-3H3. The number of hydrogen-bond donors (Lipinski definition) is 1. The molecule has 5 heteroatoms. The number of nitrogens with zero attached hydrogens (tertiary/aromatic N) is 1. The van der Waals surface area contributed by atoms with Crippen LogP contribution in [-0.4, -0.2) is 42.3 Å². The summed E-state index contributed by atoms with van der Waals surface area (Å²) in [5.41, 5.74) is 0.672. The number of rotatable bonds is 1. The Balaban J connectivity index is 2.00. The maximum atomic E-state index is 12.3. The van der Waals surface area contributed by atoms with Crippen LogP contribution in [0.3, 0.4) is 0 Å². The predicted molar refractivity (Wildman–Crippen MR) is 95.2 cm³/mol. The van der Waals surface area contributed by atoms with E-state index in [0.717, 1.165) is 16.6 Å². The minimum Gasteiger partial charge on any atom is -0.444 e. The van der Waals surface area contributed by atoms with Crippen molar-refractivity contribution in [2.75, 3.05) is 19.6 Å². The van der Waals surface area contributed by atoms with Gasteiger partial charge < -0.3 is 10.1 Å². The summed E-state index contributed by atoms with van der Waals surface area (Å²) in [5.74, 6) is 6.39. The lowest BCUT2D eigenvalue weighted by Gasteiger charge is -2.34. The van der Waals surface area contributed by atoms with E-state index in [1.165, 1.54) is 0 Å². The van der Waals surface area contributed by atoms with Crippen molar-refractivity contribution in [2.24, 2.45) is 0 Å². The van der Waals surface area contributed by atoms with Crippen LogP contribution in [0.15, 0.2) is 28.7 Å². The normalized spacial score (nSPS) is 18.1. The van der Waals surface area contributed by atoms with Gasteiger partial charge in [-0.2, -0.15) is 0 Å². The van der Waals surface area contributed by atoms with E-state index in [4.69, 9.17) is 4.74 Å². The summed E-state index contributed by atoms with van der Waals surface area (Å²) in [6.45, 7) is 7.69. The summed E-state index contributed by atoms with van der Waals surface area (Å²) in [7, 11) is 0. The third-order valence-electron chi connectivity index (χ3n) is 3.35. The van der Waals surface area contributed by atoms with E-state index in [1.54, 1.807) is 4.90 Å². The predicted octanol–water partition coefficient (Wildman–Crippen LogP) is 3.20. The molecule has 2 rings (SSSR count). The minimum atomic E-state index is -0.489. The quantitative estimate of drug-likeness (QED) is 0.762. The molecule has 124 valence electrons. The van der Waals surface area contributed by atoms with Gasteiger partial charge in [0.25, 0.3) is 0 Å². The summed E-state index contributed by atoms with van der Waals surface area (Å²) < 4.78 is 6.53. The van der Waals surface area contributed by atoms with Crippen LogP contribution in [0.4, 0.5) is 4.79 Å². The fourth-order valence-corrected chi connectivity index (χ4v) is 2.51. The van der Waals surface area contributed by atoms with E-state index in [2.05, 4.69) is 33.1 Å². The van der Waals surface area contributed by atoms with Gasteiger partial charge in [0.15, 0.2) is 0 Å². The molecule has 4 nitrogen and oxygen atoms in total. The van der Waals surface area contributed by atoms with E-state index in [1.807, 2.05) is 45.0 Å².